The number of rotatable bonds is 9. The van der Waals surface area contributed by atoms with E-state index in [0.29, 0.717) is 37.6 Å². The number of fused-ring (bicyclic) bond motifs is 1. The molecule has 10 heteroatoms. The quantitative estimate of drug-likeness (QED) is 0.551. The van der Waals surface area contributed by atoms with Crippen molar-refractivity contribution in [3.05, 3.63) is 53.6 Å². The van der Waals surface area contributed by atoms with Gasteiger partial charge in [0.2, 0.25) is 10.0 Å². The molecular weight excluding hydrogens is 458 g/mol. The van der Waals surface area contributed by atoms with Crippen molar-refractivity contribution in [2.75, 3.05) is 50.9 Å². The summed E-state index contributed by atoms with van der Waals surface area (Å²) in [5.41, 5.74) is 2.40. The second-order valence-electron chi connectivity index (χ2n) is 8.88. The molecule has 0 aromatic heterocycles. The number of aliphatic hydroxyl groups is 1. The Kier molecular flexibility index (Phi) is 7.30. The van der Waals surface area contributed by atoms with Crippen molar-refractivity contribution >= 4 is 21.6 Å². The minimum atomic E-state index is -3.38. The third-order valence-electron chi connectivity index (χ3n) is 6.16. The molecule has 1 amide bonds. The Bertz CT molecular complexity index is 1120. The number of nitrogens with zero attached hydrogens (tertiary/aromatic N) is 2. The molecule has 4 rings (SSSR count). The molecule has 1 saturated heterocycles. The zero-order valence-electron chi connectivity index (χ0n) is 19.4. The van der Waals surface area contributed by atoms with E-state index in [-0.39, 0.29) is 24.7 Å². The van der Waals surface area contributed by atoms with Crippen LogP contribution in [0.15, 0.2) is 42.5 Å². The SMILES string of the molecule is CN(C(=O)COc1ccc2c(c1)CCO2)[C@H](CN1CC[C@H](O)C1)c1ccc(NS(C)(=O)=O)cc1. The number of sulfonamides is 1. The fourth-order valence-corrected chi connectivity index (χ4v) is 4.90. The molecule has 0 bridgehead atoms. The minimum absolute atomic E-state index is 0.108. The van der Waals surface area contributed by atoms with Gasteiger partial charge in [0.15, 0.2) is 6.61 Å². The molecule has 1 fully saturated rings. The van der Waals surface area contributed by atoms with E-state index in [9.17, 15) is 18.3 Å². The number of ether oxygens (including phenoxy) is 2. The van der Waals surface area contributed by atoms with Crippen LogP contribution in [0.25, 0.3) is 0 Å². The number of hydrogen-bond donors (Lipinski definition) is 2. The Morgan fingerprint density at radius 3 is 2.74 bits per heavy atom. The van der Waals surface area contributed by atoms with Crippen LogP contribution in [0.1, 0.15) is 23.6 Å². The van der Waals surface area contributed by atoms with Gasteiger partial charge in [-0.1, -0.05) is 12.1 Å². The summed E-state index contributed by atoms with van der Waals surface area (Å²) in [5.74, 6) is 1.30. The second-order valence-corrected chi connectivity index (χ2v) is 10.6. The van der Waals surface area contributed by atoms with Gasteiger partial charge in [0.25, 0.3) is 5.91 Å². The lowest BCUT2D eigenvalue weighted by Crippen LogP contribution is -2.40. The maximum atomic E-state index is 13.1. The van der Waals surface area contributed by atoms with Crippen LogP contribution in [-0.2, 0) is 21.2 Å². The monoisotopic (exact) mass is 489 g/mol. The number of β-amino-alcohol motifs (C(OH)–C–C–N with tert-alkyl or cyclic N) is 1. The van der Waals surface area contributed by atoms with E-state index in [1.54, 1.807) is 30.1 Å². The Morgan fingerprint density at radius 1 is 1.29 bits per heavy atom. The number of carbonyl (C=O) groups is 1. The Morgan fingerprint density at radius 2 is 2.06 bits per heavy atom. The number of likely N-dealkylation sites (N-methyl/N-ethyl adjacent to an activating group) is 1. The van der Waals surface area contributed by atoms with Crippen LogP contribution in [0.3, 0.4) is 0 Å². The molecule has 0 unspecified atom stereocenters. The first kappa shape index (κ1) is 24.3. The van der Waals surface area contributed by atoms with E-state index < -0.39 is 10.0 Å². The number of anilines is 1. The van der Waals surface area contributed by atoms with E-state index in [1.807, 2.05) is 24.3 Å². The van der Waals surface area contributed by atoms with E-state index >= 15 is 0 Å². The topological polar surface area (TPSA) is 108 Å². The van der Waals surface area contributed by atoms with E-state index in [1.165, 1.54) is 0 Å². The van der Waals surface area contributed by atoms with Crippen molar-refractivity contribution in [2.24, 2.45) is 0 Å². The van der Waals surface area contributed by atoms with Crippen molar-refractivity contribution in [1.82, 2.24) is 9.80 Å². The van der Waals surface area contributed by atoms with Gasteiger partial charge >= 0.3 is 0 Å². The highest BCUT2D eigenvalue weighted by atomic mass is 32.2. The molecule has 0 saturated carbocycles. The molecule has 9 nitrogen and oxygen atoms in total. The average Bonchev–Trinajstić information content (AvgIpc) is 3.43. The Balaban J connectivity index is 1.46. The van der Waals surface area contributed by atoms with Crippen LogP contribution in [0.2, 0.25) is 0 Å². The highest BCUT2D eigenvalue weighted by Crippen LogP contribution is 2.29. The van der Waals surface area contributed by atoms with E-state index in [0.717, 1.165) is 36.1 Å². The Labute approximate surface area is 200 Å². The summed E-state index contributed by atoms with van der Waals surface area (Å²) >= 11 is 0. The van der Waals surface area contributed by atoms with Crippen molar-refractivity contribution in [2.45, 2.75) is 25.0 Å². The largest absolute Gasteiger partial charge is 0.493 e. The van der Waals surface area contributed by atoms with Crippen molar-refractivity contribution in [3.63, 3.8) is 0 Å². The van der Waals surface area contributed by atoms with Crippen LogP contribution >= 0.6 is 0 Å². The summed E-state index contributed by atoms with van der Waals surface area (Å²) in [6.45, 7) is 2.41. The second kappa shape index (κ2) is 10.2. The van der Waals surface area contributed by atoms with E-state index in [4.69, 9.17) is 9.47 Å². The first-order valence-corrected chi connectivity index (χ1v) is 13.2. The number of amides is 1. The molecule has 0 aliphatic carbocycles. The van der Waals surface area contributed by atoms with Crippen LogP contribution in [0, 0.1) is 0 Å². The smallest absolute Gasteiger partial charge is 0.260 e. The van der Waals surface area contributed by atoms with Crippen molar-refractivity contribution < 1.29 is 27.8 Å². The first-order valence-electron chi connectivity index (χ1n) is 11.3. The average molecular weight is 490 g/mol. The number of aliphatic hydroxyl groups excluding tert-OH is 1. The molecule has 2 N–H and O–H groups in total. The van der Waals surface area contributed by atoms with Crippen molar-refractivity contribution in [1.29, 1.82) is 0 Å². The summed E-state index contributed by atoms with van der Waals surface area (Å²) in [5, 5.41) is 9.94. The van der Waals surface area contributed by atoms with Gasteiger partial charge < -0.3 is 19.5 Å². The number of hydrogen-bond acceptors (Lipinski definition) is 7. The summed E-state index contributed by atoms with van der Waals surface area (Å²) in [7, 11) is -1.64. The fourth-order valence-electron chi connectivity index (χ4n) is 4.33. The molecule has 0 radical (unpaired) electrons. The van der Waals surface area contributed by atoms with Gasteiger partial charge in [-0.25, -0.2) is 8.42 Å². The summed E-state index contributed by atoms with van der Waals surface area (Å²) < 4.78 is 36.8. The maximum absolute atomic E-state index is 13.1. The van der Waals surface area contributed by atoms with Gasteiger partial charge in [0, 0.05) is 44.4 Å². The maximum Gasteiger partial charge on any atom is 0.260 e. The van der Waals surface area contributed by atoms with Crippen molar-refractivity contribution in [3.8, 4) is 11.5 Å². The summed E-state index contributed by atoms with van der Waals surface area (Å²) in [6, 6.07) is 12.3. The third-order valence-corrected chi connectivity index (χ3v) is 6.77. The molecule has 0 spiro atoms. The van der Waals surface area contributed by atoms with Crippen LogP contribution < -0.4 is 14.2 Å². The normalized spacial score (nSPS) is 18.7. The van der Waals surface area contributed by atoms with Crippen LogP contribution in [0.5, 0.6) is 11.5 Å². The molecule has 2 aliphatic rings. The van der Waals surface area contributed by atoms with Gasteiger partial charge in [-0.3, -0.25) is 14.4 Å². The highest BCUT2D eigenvalue weighted by molar-refractivity contribution is 7.92. The molecule has 2 atom stereocenters. The molecule has 2 aromatic carbocycles. The lowest BCUT2D eigenvalue weighted by Gasteiger charge is -2.32. The Hall–Kier alpha value is -2.82. The number of nitrogens with one attached hydrogen (secondary N) is 1. The van der Waals surface area contributed by atoms with Gasteiger partial charge in [-0.15, -0.1) is 0 Å². The van der Waals surface area contributed by atoms with Crippen LogP contribution in [-0.4, -0.2) is 81.5 Å². The fraction of sp³-hybridized carbons (Fsp3) is 0.458. The lowest BCUT2D eigenvalue weighted by atomic mass is 10.0. The molecule has 2 heterocycles. The zero-order chi connectivity index (χ0) is 24.3. The number of carbonyl (C=O) groups excluding carboxylic acids is 1. The zero-order valence-corrected chi connectivity index (χ0v) is 20.3. The molecule has 2 aromatic rings. The summed E-state index contributed by atoms with van der Waals surface area (Å²) in [4.78, 5) is 16.9. The molecular formula is C24H31N3O6S. The first-order chi connectivity index (χ1) is 16.2. The van der Waals surface area contributed by atoms with E-state index in [2.05, 4.69) is 9.62 Å². The molecule has 34 heavy (non-hydrogen) atoms. The minimum Gasteiger partial charge on any atom is -0.493 e. The van der Waals surface area contributed by atoms with Gasteiger partial charge in [0.1, 0.15) is 11.5 Å². The summed E-state index contributed by atoms with van der Waals surface area (Å²) in [6.07, 6.45) is 2.26. The molecule has 184 valence electrons. The highest BCUT2D eigenvalue weighted by Gasteiger charge is 2.28. The molecule has 2 aliphatic heterocycles. The van der Waals surface area contributed by atoms with Gasteiger partial charge in [0.05, 0.1) is 25.0 Å². The van der Waals surface area contributed by atoms with Gasteiger partial charge in [-0.05, 0) is 42.3 Å². The third kappa shape index (κ3) is 6.19. The van der Waals surface area contributed by atoms with Crippen LogP contribution in [0.4, 0.5) is 5.69 Å². The standard InChI is InChI=1S/C24H31N3O6S/c1-26(24(29)16-33-21-7-8-23-18(13-21)10-12-32-23)22(15-27-11-9-20(28)14-27)17-3-5-19(6-4-17)25-34(2,30)31/h3-8,13,20,22,25,28H,9-12,14-16H2,1-2H3/t20-,22+/m0/s1. The lowest BCUT2D eigenvalue weighted by molar-refractivity contribution is -0.134. The number of likely N-dealkylation sites (tertiary alicyclic amines) is 1. The predicted octanol–water partition coefficient (Wildman–Crippen LogP) is 1.64. The number of benzene rings is 2. The predicted molar refractivity (Wildman–Crippen MR) is 129 cm³/mol. The van der Waals surface area contributed by atoms with Gasteiger partial charge in [-0.2, -0.15) is 0 Å².